The molecule has 0 aliphatic carbocycles. The summed E-state index contributed by atoms with van der Waals surface area (Å²) in [6.07, 6.45) is 1.81. The highest BCUT2D eigenvalue weighted by atomic mass is 35.5. The van der Waals surface area contributed by atoms with Crippen molar-refractivity contribution >= 4 is 45.4 Å². The number of rotatable bonds is 3. The predicted molar refractivity (Wildman–Crippen MR) is 109 cm³/mol. The first-order chi connectivity index (χ1) is 12.6. The lowest BCUT2D eigenvalue weighted by molar-refractivity contribution is 0.0935. The van der Waals surface area contributed by atoms with Crippen molar-refractivity contribution in [3.05, 3.63) is 57.4 Å². The number of hydrogen-bond acceptors (Lipinski definition) is 4. The van der Waals surface area contributed by atoms with Crippen LogP contribution in [0.1, 0.15) is 27.4 Å². The molecule has 1 aliphatic rings. The molecule has 1 N–H and O–H groups in total. The monoisotopic (exact) mass is 385 g/mol. The summed E-state index contributed by atoms with van der Waals surface area (Å²) < 4.78 is 0. The van der Waals surface area contributed by atoms with Gasteiger partial charge in [0.1, 0.15) is 11.0 Å². The summed E-state index contributed by atoms with van der Waals surface area (Å²) in [6, 6.07) is 14.2. The third-order valence-electron chi connectivity index (χ3n) is 4.80. The maximum absolute atomic E-state index is 12.3. The number of anilines is 1. The van der Waals surface area contributed by atoms with Crippen LogP contribution in [0.4, 0.5) is 5.82 Å². The zero-order valence-corrected chi connectivity index (χ0v) is 16.1. The number of carbonyl (C=O) groups excluding carboxylic acids is 1. The molecule has 1 aromatic carbocycles. The molecular weight excluding hydrogens is 366 g/mol. The fourth-order valence-corrected chi connectivity index (χ4v) is 4.40. The molecule has 0 radical (unpaired) electrons. The Bertz CT molecular complexity index is 947. The normalized spacial score (nSPS) is 15.4. The Morgan fingerprint density at radius 1 is 1.23 bits per heavy atom. The average Bonchev–Trinajstić information content (AvgIpc) is 3.09. The van der Waals surface area contributed by atoms with Gasteiger partial charge in [0.2, 0.25) is 0 Å². The fourth-order valence-electron chi connectivity index (χ4n) is 3.37. The number of aromatic nitrogens is 1. The summed E-state index contributed by atoms with van der Waals surface area (Å²) in [5.41, 5.74) is 0. The van der Waals surface area contributed by atoms with E-state index in [9.17, 15) is 4.79 Å². The zero-order chi connectivity index (χ0) is 18.1. The van der Waals surface area contributed by atoms with Crippen LogP contribution in [0, 0.1) is 6.92 Å². The number of hydrogen-bond donors (Lipinski definition) is 1. The molecule has 1 saturated heterocycles. The van der Waals surface area contributed by atoms with E-state index in [1.807, 2.05) is 37.3 Å². The molecule has 3 heterocycles. The molecule has 1 aliphatic heterocycles. The van der Waals surface area contributed by atoms with Crippen molar-refractivity contribution < 1.29 is 4.79 Å². The van der Waals surface area contributed by atoms with Crippen LogP contribution in [0.2, 0.25) is 5.15 Å². The molecule has 0 unspecified atom stereocenters. The number of fused-ring (bicyclic) bond motifs is 1. The van der Waals surface area contributed by atoms with Gasteiger partial charge in [-0.2, -0.15) is 0 Å². The second-order valence-electron chi connectivity index (χ2n) is 6.64. The maximum Gasteiger partial charge on any atom is 0.261 e. The van der Waals surface area contributed by atoms with Crippen molar-refractivity contribution in [2.45, 2.75) is 25.8 Å². The Kier molecular flexibility index (Phi) is 4.83. The number of thiophene rings is 1. The zero-order valence-electron chi connectivity index (χ0n) is 14.5. The molecule has 3 aromatic rings. The third kappa shape index (κ3) is 3.55. The van der Waals surface area contributed by atoms with E-state index in [1.54, 1.807) is 0 Å². The summed E-state index contributed by atoms with van der Waals surface area (Å²) >= 11 is 7.89. The third-order valence-corrected chi connectivity index (χ3v) is 6.09. The van der Waals surface area contributed by atoms with E-state index in [4.69, 9.17) is 11.6 Å². The second kappa shape index (κ2) is 7.25. The first-order valence-corrected chi connectivity index (χ1v) is 9.97. The van der Waals surface area contributed by atoms with E-state index < -0.39 is 0 Å². The molecular formula is C20H20ClN3OS. The Morgan fingerprint density at radius 3 is 2.73 bits per heavy atom. The highest BCUT2D eigenvalue weighted by molar-refractivity contribution is 7.13. The first-order valence-electron chi connectivity index (χ1n) is 8.78. The van der Waals surface area contributed by atoms with Crippen molar-refractivity contribution in [2.75, 3.05) is 18.0 Å². The first kappa shape index (κ1) is 17.3. The van der Waals surface area contributed by atoms with Crippen LogP contribution in [0.25, 0.3) is 10.8 Å². The van der Waals surface area contributed by atoms with Gasteiger partial charge < -0.3 is 10.2 Å². The number of piperidine rings is 1. The molecule has 1 amide bonds. The van der Waals surface area contributed by atoms with Gasteiger partial charge in [-0.25, -0.2) is 4.98 Å². The minimum absolute atomic E-state index is 0.0356. The van der Waals surface area contributed by atoms with Gasteiger partial charge >= 0.3 is 0 Å². The van der Waals surface area contributed by atoms with Crippen molar-refractivity contribution in [3.63, 3.8) is 0 Å². The van der Waals surface area contributed by atoms with Gasteiger partial charge in [0.25, 0.3) is 5.91 Å². The highest BCUT2D eigenvalue weighted by Crippen LogP contribution is 2.28. The standard InChI is InChI=1S/C20H20ClN3OS/c1-13-6-7-17(26-13)20(25)22-15-8-10-24(11-9-15)18-12-14-4-2-3-5-16(14)19(21)23-18/h2-7,12,15H,8-11H2,1H3,(H,22,25). The van der Waals surface area contributed by atoms with E-state index in [2.05, 4.69) is 27.3 Å². The molecule has 1 fully saturated rings. The van der Waals surface area contributed by atoms with Gasteiger partial charge in [-0.05, 0) is 43.4 Å². The number of amides is 1. The largest absolute Gasteiger partial charge is 0.356 e. The molecule has 134 valence electrons. The van der Waals surface area contributed by atoms with E-state index >= 15 is 0 Å². The number of nitrogens with zero attached hydrogens (tertiary/aromatic N) is 2. The molecule has 0 spiro atoms. The van der Waals surface area contributed by atoms with Crippen molar-refractivity contribution in [1.29, 1.82) is 0 Å². The van der Waals surface area contributed by atoms with Crippen LogP contribution >= 0.6 is 22.9 Å². The van der Waals surface area contributed by atoms with Gasteiger partial charge in [-0.15, -0.1) is 11.3 Å². The van der Waals surface area contributed by atoms with Gasteiger partial charge in [0.15, 0.2) is 0 Å². The smallest absolute Gasteiger partial charge is 0.261 e. The lowest BCUT2D eigenvalue weighted by Gasteiger charge is -2.33. The molecule has 4 rings (SSSR count). The molecule has 0 atom stereocenters. The number of aryl methyl sites for hydroxylation is 1. The van der Waals surface area contributed by atoms with Crippen molar-refractivity contribution in [3.8, 4) is 0 Å². The average molecular weight is 386 g/mol. The summed E-state index contributed by atoms with van der Waals surface area (Å²) in [4.78, 5) is 21.1. The van der Waals surface area contributed by atoms with Gasteiger partial charge in [-0.1, -0.05) is 35.9 Å². The summed E-state index contributed by atoms with van der Waals surface area (Å²) in [5, 5.41) is 5.78. The molecule has 4 nitrogen and oxygen atoms in total. The Morgan fingerprint density at radius 2 is 2.00 bits per heavy atom. The van der Waals surface area contributed by atoms with Gasteiger partial charge in [0, 0.05) is 29.4 Å². The van der Waals surface area contributed by atoms with Crippen LogP contribution in [-0.4, -0.2) is 30.0 Å². The van der Waals surface area contributed by atoms with E-state index in [0.717, 1.165) is 52.3 Å². The lowest BCUT2D eigenvalue weighted by Crippen LogP contribution is -2.44. The Labute approximate surface area is 161 Å². The van der Waals surface area contributed by atoms with E-state index in [1.165, 1.54) is 11.3 Å². The van der Waals surface area contributed by atoms with Crippen LogP contribution in [0.15, 0.2) is 42.5 Å². The summed E-state index contributed by atoms with van der Waals surface area (Å²) in [7, 11) is 0. The van der Waals surface area contributed by atoms with Gasteiger partial charge in [-0.3, -0.25) is 4.79 Å². The van der Waals surface area contributed by atoms with E-state index in [0.29, 0.717) is 5.15 Å². The number of benzene rings is 1. The quantitative estimate of drug-likeness (QED) is 0.667. The summed E-state index contributed by atoms with van der Waals surface area (Å²) in [5.74, 6) is 0.945. The lowest BCUT2D eigenvalue weighted by atomic mass is 10.0. The second-order valence-corrected chi connectivity index (χ2v) is 8.28. The SMILES string of the molecule is Cc1ccc(C(=O)NC2CCN(c3cc4ccccc4c(Cl)n3)CC2)s1. The Hall–Kier alpha value is -2.11. The number of carbonyl (C=O) groups is 1. The topological polar surface area (TPSA) is 45.2 Å². The van der Waals surface area contributed by atoms with E-state index in [-0.39, 0.29) is 11.9 Å². The van der Waals surface area contributed by atoms with Crippen LogP contribution in [0.5, 0.6) is 0 Å². The highest BCUT2D eigenvalue weighted by Gasteiger charge is 2.23. The minimum atomic E-state index is 0.0356. The number of halogens is 1. The minimum Gasteiger partial charge on any atom is -0.356 e. The van der Waals surface area contributed by atoms with Crippen LogP contribution < -0.4 is 10.2 Å². The number of nitrogens with one attached hydrogen (secondary N) is 1. The predicted octanol–water partition coefficient (Wildman–Crippen LogP) is 4.66. The Balaban J connectivity index is 1.41. The molecule has 2 aromatic heterocycles. The molecule has 6 heteroatoms. The number of pyridine rings is 1. The van der Waals surface area contributed by atoms with Crippen LogP contribution in [-0.2, 0) is 0 Å². The molecule has 0 bridgehead atoms. The molecule has 26 heavy (non-hydrogen) atoms. The fraction of sp³-hybridized carbons (Fsp3) is 0.300. The van der Waals surface area contributed by atoms with Crippen molar-refractivity contribution in [1.82, 2.24) is 10.3 Å². The van der Waals surface area contributed by atoms with Crippen molar-refractivity contribution in [2.24, 2.45) is 0 Å². The molecule has 0 saturated carbocycles. The van der Waals surface area contributed by atoms with Crippen LogP contribution in [0.3, 0.4) is 0 Å². The maximum atomic E-state index is 12.3. The van der Waals surface area contributed by atoms with Gasteiger partial charge in [0.05, 0.1) is 4.88 Å². The summed E-state index contributed by atoms with van der Waals surface area (Å²) in [6.45, 7) is 3.73.